The fourth-order valence-corrected chi connectivity index (χ4v) is 2.56. The molecule has 1 aromatic heterocycles. The van der Waals surface area contributed by atoms with Crippen LogP contribution in [-0.4, -0.2) is 10.5 Å². The van der Waals surface area contributed by atoms with E-state index in [2.05, 4.69) is 4.99 Å². The number of hydrogen-bond donors (Lipinski definition) is 0. The van der Waals surface area contributed by atoms with E-state index in [9.17, 15) is 22.4 Å². The van der Waals surface area contributed by atoms with Gasteiger partial charge in [-0.25, -0.2) is 4.39 Å². The zero-order chi connectivity index (χ0) is 18.2. The molecule has 1 aliphatic rings. The Balaban J connectivity index is 2.02. The van der Waals surface area contributed by atoms with Crippen molar-refractivity contribution in [1.82, 2.24) is 4.57 Å². The lowest BCUT2D eigenvalue weighted by Gasteiger charge is -2.10. The molecule has 1 heterocycles. The van der Waals surface area contributed by atoms with Gasteiger partial charge in [-0.05, 0) is 43.0 Å². The standard InChI is InChI=1S/C17H13ClF4N2O/c18-11-6-7-24(9-10-4-5-10)14(8-11)23-16(25)12-2-1-3-13(15(12)19)17(20,21)22/h1-3,6-8,10H,4-5,9H2. The average molecular weight is 373 g/mol. The maximum absolute atomic E-state index is 14.1. The molecule has 2 aromatic rings. The van der Waals surface area contributed by atoms with Crippen LogP contribution in [0, 0.1) is 11.7 Å². The molecule has 0 atom stereocenters. The number of halogens is 5. The number of rotatable bonds is 3. The van der Waals surface area contributed by atoms with Crippen LogP contribution in [0.2, 0.25) is 5.02 Å². The number of aromatic nitrogens is 1. The summed E-state index contributed by atoms with van der Waals surface area (Å²) in [5.74, 6) is -2.24. The predicted octanol–water partition coefficient (Wildman–Crippen LogP) is 4.45. The van der Waals surface area contributed by atoms with Crippen LogP contribution in [0.25, 0.3) is 0 Å². The van der Waals surface area contributed by atoms with Crippen LogP contribution >= 0.6 is 11.6 Å². The Kier molecular flexibility index (Phi) is 4.69. The monoisotopic (exact) mass is 372 g/mol. The van der Waals surface area contributed by atoms with Gasteiger partial charge in [0.15, 0.2) is 0 Å². The van der Waals surface area contributed by atoms with Gasteiger partial charge in [-0.3, -0.25) is 4.79 Å². The SMILES string of the molecule is O=C(N=c1cc(Cl)ccn1CC1CC1)c1cccc(C(F)(F)F)c1F. The number of carbonyl (C=O) groups is 1. The van der Waals surface area contributed by atoms with Crippen molar-refractivity contribution in [3.05, 3.63) is 64.0 Å². The van der Waals surface area contributed by atoms with Gasteiger partial charge in [0.05, 0.1) is 11.1 Å². The molecule has 132 valence electrons. The minimum Gasteiger partial charge on any atom is -0.333 e. The molecule has 25 heavy (non-hydrogen) atoms. The molecule has 3 nitrogen and oxygen atoms in total. The average Bonchev–Trinajstić information content (AvgIpc) is 3.33. The van der Waals surface area contributed by atoms with Crippen LogP contribution in [0.15, 0.2) is 41.5 Å². The second-order valence-electron chi connectivity index (χ2n) is 5.88. The highest BCUT2D eigenvalue weighted by atomic mass is 35.5. The first-order valence-corrected chi connectivity index (χ1v) is 7.94. The molecule has 0 unspecified atom stereocenters. The van der Waals surface area contributed by atoms with Crippen LogP contribution in [0.3, 0.4) is 0 Å². The summed E-state index contributed by atoms with van der Waals surface area (Å²) in [7, 11) is 0. The lowest BCUT2D eigenvalue weighted by atomic mass is 10.1. The largest absolute Gasteiger partial charge is 0.419 e. The van der Waals surface area contributed by atoms with Gasteiger partial charge in [-0.1, -0.05) is 17.7 Å². The number of amides is 1. The second-order valence-corrected chi connectivity index (χ2v) is 6.32. The van der Waals surface area contributed by atoms with Gasteiger partial charge in [0.1, 0.15) is 11.3 Å². The molecule has 1 saturated carbocycles. The molecule has 1 aromatic carbocycles. The number of benzene rings is 1. The van der Waals surface area contributed by atoms with Crippen LogP contribution in [-0.2, 0) is 12.7 Å². The Morgan fingerprint density at radius 1 is 1.28 bits per heavy atom. The van der Waals surface area contributed by atoms with E-state index in [1.165, 1.54) is 6.07 Å². The number of nitrogens with zero attached hydrogens (tertiary/aromatic N) is 2. The number of pyridine rings is 1. The molecular weight excluding hydrogens is 360 g/mol. The molecule has 0 saturated heterocycles. The van der Waals surface area contributed by atoms with E-state index < -0.39 is 29.0 Å². The van der Waals surface area contributed by atoms with Gasteiger partial charge in [-0.2, -0.15) is 18.2 Å². The first-order chi connectivity index (χ1) is 11.8. The van der Waals surface area contributed by atoms with Crippen LogP contribution in [0.1, 0.15) is 28.8 Å². The predicted molar refractivity (Wildman–Crippen MR) is 83.5 cm³/mol. The first kappa shape index (κ1) is 17.7. The summed E-state index contributed by atoms with van der Waals surface area (Å²) < 4.78 is 54.1. The molecule has 1 aliphatic carbocycles. The zero-order valence-corrected chi connectivity index (χ0v) is 13.6. The Bertz CT molecular complexity index is 885. The van der Waals surface area contributed by atoms with E-state index in [-0.39, 0.29) is 5.49 Å². The van der Waals surface area contributed by atoms with Crippen LogP contribution < -0.4 is 5.49 Å². The van der Waals surface area contributed by atoms with Gasteiger partial charge >= 0.3 is 6.18 Å². The highest BCUT2D eigenvalue weighted by Gasteiger charge is 2.35. The summed E-state index contributed by atoms with van der Waals surface area (Å²) in [4.78, 5) is 16.0. The zero-order valence-electron chi connectivity index (χ0n) is 12.9. The van der Waals surface area contributed by atoms with E-state index >= 15 is 0 Å². The molecule has 0 N–H and O–H groups in total. The lowest BCUT2D eigenvalue weighted by Crippen LogP contribution is -2.23. The topological polar surface area (TPSA) is 34.4 Å². The highest BCUT2D eigenvalue weighted by molar-refractivity contribution is 6.30. The Morgan fingerprint density at radius 2 is 2.00 bits per heavy atom. The van der Waals surface area contributed by atoms with Gasteiger partial charge in [0.25, 0.3) is 5.91 Å². The normalized spacial score (nSPS) is 15.5. The third-order valence-corrected chi connectivity index (χ3v) is 4.11. The van der Waals surface area contributed by atoms with Crippen molar-refractivity contribution in [3.8, 4) is 0 Å². The second kappa shape index (κ2) is 6.63. The van der Waals surface area contributed by atoms with Gasteiger partial charge in [0.2, 0.25) is 0 Å². The first-order valence-electron chi connectivity index (χ1n) is 7.56. The molecule has 1 fully saturated rings. The minimum absolute atomic E-state index is 0.182. The van der Waals surface area contributed by atoms with Crippen molar-refractivity contribution in [2.75, 3.05) is 0 Å². The summed E-state index contributed by atoms with van der Waals surface area (Å²) in [6, 6.07) is 5.58. The fourth-order valence-electron chi connectivity index (χ4n) is 2.40. The van der Waals surface area contributed by atoms with Crippen molar-refractivity contribution < 1.29 is 22.4 Å². The van der Waals surface area contributed by atoms with Crippen molar-refractivity contribution in [1.29, 1.82) is 0 Å². The van der Waals surface area contributed by atoms with Crippen LogP contribution in [0.5, 0.6) is 0 Å². The Labute approximate surface area is 145 Å². The smallest absolute Gasteiger partial charge is 0.333 e. The van der Waals surface area contributed by atoms with Crippen molar-refractivity contribution in [2.45, 2.75) is 25.6 Å². The van der Waals surface area contributed by atoms with E-state index in [1.807, 2.05) is 0 Å². The summed E-state index contributed by atoms with van der Waals surface area (Å²) in [6.45, 7) is 0.619. The molecular formula is C17H13ClF4N2O. The molecule has 0 spiro atoms. The van der Waals surface area contributed by atoms with Crippen LogP contribution in [0.4, 0.5) is 17.6 Å². The molecule has 3 rings (SSSR count). The van der Waals surface area contributed by atoms with Gasteiger partial charge in [0, 0.05) is 17.8 Å². The van der Waals surface area contributed by atoms with E-state index in [0.717, 1.165) is 25.0 Å². The van der Waals surface area contributed by atoms with E-state index in [0.29, 0.717) is 23.6 Å². The van der Waals surface area contributed by atoms with E-state index in [4.69, 9.17) is 11.6 Å². The quantitative estimate of drug-likeness (QED) is 0.733. The summed E-state index contributed by atoms with van der Waals surface area (Å²) in [6.07, 6.45) is -1.12. The Hall–Kier alpha value is -2.15. The minimum atomic E-state index is -4.89. The molecule has 0 bridgehead atoms. The third-order valence-electron chi connectivity index (χ3n) is 3.88. The maximum atomic E-state index is 14.1. The van der Waals surface area contributed by atoms with E-state index in [1.54, 1.807) is 16.8 Å². The van der Waals surface area contributed by atoms with Gasteiger partial charge in [-0.15, -0.1) is 0 Å². The fraction of sp³-hybridized carbons (Fsp3) is 0.294. The van der Waals surface area contributed by atoms with Crippen molar-refractivity contribution >= 4 is 17.5 Å². The number of hydrogen-bond acceptors (Lipinski definition) is 1. The molecule has 8 heteroatoms. The highest BCUT2D eigenvalue weighted by Crippen LogP contribution is 2.32. The molecule has 0 radical (unpaired) electrons. The van der Waals surface area contributed by atoms with Gasteiger partial charge < -0.3 is 4.57 Å². The number of alkyl halides is 3. The lowest BCUT2D eigenvalue weighted by molar-refractivity contribution is -0.140. The maximum Gasteiger partial charge on any atom is 0.419 e. The summed E-state index contributed by atoms with van der Waals surface area (Å²) in [5, 5.41) is 0.322. The van der Waals surface area contributed by atoms with Crippen molar-refractivity contribution in [2.24, 2.45) is 10.9 Å². The molecule has 1 amide bonds. The summed E-state index contributed by atoms with van der Waals surface area (Å²) in [5.41, 5.74) is -2.04. The Morgan fingerprint density at radius 3 is 2.64 bits per heavy atom. The number of carbonyl (C=O) groups excluding carboxylic acids is 1. The third kappa shape index (κ3) is 4.10. The van der Waals surface area contributed by atoms with Crippen molar-refractivity contribution in [3.63, 3.8) is 0 Å². The molecule has 0 aliphatic heterocycles. The summed E-state index contributed by atoms with van der Waals surface area (Å²) >= 11 is 5.91.